The maximum atomic E-state index is 13.8. The van der Waals surface area contributed by atoms with Crippen molar-refractivity contribution in [2.45, 2.75) is 38.7 Å². The van der Waals surface area contributed by atoms with Gasteiger partial charge in [0, 0.05) is 12.1 Å². The van der Waals surface area contributed by atoms with Crippen molar-refractivity contribution in [3.8, 4) is 0 Å². The summed E-state index contributed by atoms with van der Waals surface area (Å²) in [5.74, 6) is -0.290. The first-order valence-corrected chi connectivity index (χ1v) is 9.73. The average Bonchev–Trinajstić information content (AvgIpc) is 2.63. The molecule has 1 aliphatic carbocycles. The summed E-state index contributed by atoms with van der Waals surface area (Å²) in [7, 11) is 3.90. The molecular weight excluding hydrogens is 393 g/mol. The predicted molar refractivity (Wildman–Crippen MR) is 110 cm³/mol. The van der Waals surface area contributed by atoms with E-state index in [1.807, 2.05) is 27.1 Å². The van der Waals surface area contributed by atoms with Crippen LogP contribution in [-0.2, 0) is 5.54 Å². The Hall–Kier alpha value is -2.61. The molecule has 2 amide bonds. The SMILES string of the molecule is Cc1cc(C(F)F)ncc1N(CC1(C)CC(c2cccc(F)c2)(N(C)C)C1)C(N)=O. The Morgan fingerprint density at radius 2 is 1.93 bits per heavy atom. The van der Waals surface area contributed by atoms with Crippen LogP contribution in [-0.4, -0.2) is 36.6 Å². The van der Waals surface area contributed by atoms with Crippen LogP contribution in [0.5, 0.6) is 0 Å². The molecule has 1 heterocycles. The van der Waals surface area contributed by atoms with Gasteiger partial charge in [-0.2, -0.15) is 0 Å². The van der Waals surface area contributed by atoms with E-state index < -0.39 is 12.5 Å². The summed E-state index contributed by atoms with van der Waals surface area (Å²) in [6.07, 6.45) is -0.0464. The highest BCUT2D eigenvalue weighted by atomic mass is 19.3. The van der Waals surface area contributed by atoms with Crippen LogP contribution in [0.25, 0.3) is 0 Å². The van der Waals surface area contributed by atoms with Gasteiger partial charge in [-0.1, -0.05) is 19.1 Å². The van der Waals surface area contributed by atoms with Crippen LogP contribution >= 0.6 is 0 Å². The van der Waals surface area contributed by atoms with Gasteiger partial charge in [0.1, 0.15) is 11.5 Å². The Morgan fingerprint density at radius 1 is 1.27 bits per heavy atom. The number of nitrogens with two attached hydrogens (primary N) is 1. The van der Waals surface area contributed by atoms with E-state index in [-0.39, 0.29) is 22.5 Å². The van der Waals surface area contributed by atoms with Crippen molar-refractivity contribution < 1.29 is 18.0 Å². The molecule has 162 valence electrons. The van der Waals surface area contributed by atoms with E-state index in [2.05, 4.69) is 9.88 Å². The Bertz CT molecular complexity index is 942. The van der Waals surface area contributed by atoms with Gasteiger partial charge in [0.15, 0.2) is 0 Å². The van der Waals surface area contributed by atoms with Gasteiger partial charge in [0.05, 0.1) is 11.9 Å². The lowest BCUT2D eigenvalue weighted by Gasteiger charge is -2.59. The number of amides is 2. The minimum Gasteiger partial charge on any atom is -0.351 e. The maximum Gasteiger partial charge on any atom is 0.319 e. The fraction of sp³-hybridized carbons (Fsp3) is 0.455. The van der Waals surface area contributed by atoms with E-state index in [1.54, 1.807) is 19.1 Å². The molecule has 3 rings (SSSR count). The van der Waals surface area contributed by atoms with Crippen LogP contribution in [0.15, 0.2) is 36.5 Å². The number of hydrogen-bond acceptors (Lipinski definition) is 3. The minimum absolute atomic E-state index is 0.290. The zero-order valence-corrected chi connectivity index (χ0v) is 17.6. The van der Waals surface area contributed by atoms with Crippen molar-refractivity contribution in [1.29, 1.82) is 0 Å². The number of primary amides is 1. The fourth-order valence-corrected chi connectivity index (χ4v) is 4.66. The molecule has 0 unspecified atom stereocenters. The average molecular weight is 420 g/mol. The Kier molecular flexibility index (Phi) is 5.82. The number of benzene rings is 1. The topological polar surface area (TPSA) is 62.5 Å². The molecule has 1 aromatic heterocycles. The molecular formula is C22H27F3N4O. The lowest BCUT2D eigenvalue weighted by molar-refractivity contribution is -0.0532. The number of rotatable bonds is 6. The molecule has 0 spiro atoms. The maximum absolute atomic E-state index is 13.8. The summed E-state index contributed by atoms with van der Waals surface area (Å²) < 4.78 is 39.7. The van der Waals surface area contributed by atoms with Crippen molar-refractivity contribution in [3.63, 3.8) is 0 Å². The number of carbonyl (C=O) groups excluding carboxylic acids is 1. The van der Waals surface area contributed by atoms with Crippen molar-refractivity contribution in [1.82, 2.24) is 9.88 Å². The second-order valence-corrected chi connectivity index (χ2v) is 8.72. The number of anilines is 1. The highest BCUT2D eigenvalue weighted by Crippen LogP contribution is 2.57. The third kappa shape index (κ3) is 4.01. The van der Waals surface area contributed by atoms with E-state index in [0.29, 0.717) is 30.6 Å². The zero-order valence-electron chi connectivity index (χ0n) is 17.6. The van der Waals surface area contributed by atoms with Crippen molar-refractivity contribution in [2.75, 3.05) is 25.5 Å². The minimum atomic E-state index is -2.68. The van der Waals surface area contributed by atoms with Gasteiger partial charge in [-0.15, -0.1) is 0 Å². The number of aryl methyl sites for hydroxylation is 1. The highest BCUT2D eigenvalue weighted by molar-refractivity contribution is 5.91. The molecule has 1 fully saturated rings. The quantitative estimate of drug-likeness (QED) is 0.742. The van der Waals surface area contributed by atoms with Gasteiger partial charge in [-0.05, 0) is 68.6 Å². The Morgan fingerprint density at radius 3 is 2.43 bits per heavy atom. The van der Waals surface area contributed by atoms with Crippen molar-refractivity contribution >= 4 is 11.7 Å². The van der Waals surface area contributed by atoms with Crippen LogP contribution in [0.1, 0.15) is 43.0 Å². The van der Waals surface area contributed by atoms with E-state index in [1.165, 1.54) is 23.2 Å². The number of aromatic nitrogens is 1. The van der Waals surface area contributed by atoms with E-state index >= 15 is 0 Å². The molecule has 1 aromatic carbocycles. The first-order chi connectivity index (χ1) is 14.0. The molecule has 30 heavy (non-hydrogen) atoms. The van der Waals surface area contributed by atoms with Gasteiger partial charge in [0.25, 0.3) is 6.43 Å². The lowest BCUT2D eigenvalue weighted by atomic mass is 9.55. The molecule has 2 N–H and O–H groups in total. The molecule has 1 aliphatic rings. The summed E-state index contributed by atoms with van der Waals surface area (Å²) in [5.41, 5.74) is 6.45. The molecule has 5 nitrogen and oxygen atoms in total. The number of halogens is 3. The second-order valence-electron chi connectivity index (χ2n) is 8.72. The molecule has 0 aliphatic heterocycles. The second kappa shape index (κ2) is 7.91. The molecule has 1 saturated carbocycles. The molecule has 2 aromatic rings. The standard InChI is InChI=1S/C22H27F3N4O/c1-14-8-17(19(24)25)27-10-18(14)29(20(26)30)13-21(2)11-22(12-21,28(3)4)15-6-5-7-16(23)9-15/h5-10,19H,11-13H2,1-4H3,(H2,26,30). The number of alkyl halides is 2. The third-order valence-corrected chi connectivity index (χ3v) is 6.08. The number of pyridine rings is 1. The molecule has 8 heteroatoms. The van der Waals surface area contributed by atoms with Gasteiger partial charge in [0.2, 0.25) is 0 Å². The predicted octanol–water partition coefficient (Wildman–Crippen LogP) is 4.61. The molecule has 0 saturated heterocycles. The Balaban J connectivity index is 1.86. The highest BCUT2D eigenvalue weighted by Gasteiger charge is 2.55. The van der Waals surface area contributed by atoms with Crippen LogP contribution in [0.2, 0.25) is 0 Å². The first-order valence-electron chi connectivity index (χ1n) is 9.73. The van der Waals surface area contributed by atoms with Crippen molar-refractivity contribution in [3.05, 3.63) is 59.2 Å². The zero-order chi connectivity index (χ0) is 22.3. The van der Waals surface area contributed by atoms with Gasteiger partial charge in [-0.25, -0.2) is 18.0 Å². The number of nitrogens with zero attached hydrogens (tertiary/aromatic N) is 3. The van der Waals surface area contributed by atoms with E-state index in [9.17, 15) is 18.0 Å². The van der Waals surface area contributed by atoms with Crippen LogP contribution in [0.3, 0.4) is 0 Å². The summed E-state index contributed by atoms with van der Waals surface area (Å²) >= 11 is 0. The molecule has 0 bridgehead atoms. The van der Waals surface area contributed by atoms with Gasteiger partial charge in [-0.3, -0.25) is 14.8 Å². The normalized spacial score (nSPS) is 23.5. The van der Waals surface area contributed by atoms with E-state index in [0.717, 1.165) is 5.56 Å². The largest absolute Gasteiger partial charge is 0.351 e. The summed E-state index contributed by atoms with van der Waals surface area (Å²) in [5, 5.41) is 0. The van der Waals surface area contributed by atoms with Gasteiger partial charge < -0.3 is 5.73 Å². The van der Waals surface area contributed by atoms with Crippen LogP contribution < -0.4 is 10.6 Å². The number of carbonyl (C=O) groups is 1. The lowest BCUT2D eigenvalue weighted by Crippen LogP contribution is -2.60. The summed E-state index contributed by atoms with van der Waals surface area (Å²) in [6, 6.07) is 7.17. The summed E-state index contributed by atoms with van der Waals surface area (Å²) in [6.45, 7) is 4.00. The monoisotopic (exact) mass is 420 g/mol. The van der Waals surface area contributed by atoms with Crippen molar-refractivity contribution in [2.24, 2.45) is 11.1 Å². The smallest absolute Gasteiger partial charge is 0.319 e. The third-order valence-electron chi connectivity index (χ3n) is 6.08. The number of urea groups is 1. The first kappa shape index (κ1) is 22.1. The summed E-state index contributed by atoms with van der Waals surface area (Å²) in [4.78, 5) is 19.5. The molecule has 0 radical (unpaired) electrons. The van der Waals surface area contributed by atoms with Gasteiger partial charge >= 0.3 is 6.03 Å². The molecule has 0 atom stereocenters. The van der Waals surface area contributed by atoms with Crippen LogP contribution in [0, 0.1) is 18.2 Å². The number of hydrogen-bond donors (Lipinski definition) is 1. The fourth-order valence-electron chi connectivity index (χ4n) is 4.66. The van der Waals surface area contributed by atoms with Crippen LogP contribution in [0.4, 0.5) is 23.7 Å². The Labute approximate surface area is 174 Å². The van der Waals surface area contributed by atoms with E-state index in [4.69, 9.17) is 5.73 Å².